The van der Waals surface area contributed by atoms with E-state index >= 15 is 0 Å². The first kappa shape index (κ1) is 29.1. The number of carbonyl (C=O) groups excluding carboxylic acids is 2. The van der Waals surface area contributed by atoms with Crippen LogP contribution in [0.15, 0.2) is 24.3 Å². The van der Waals surface area contributed by atoms with Crippen molar-refractivity contribution in [3.8, 4) is 0 Å². The normalized spacial score (nSPS) is 11.5. The van der Waals surface area contributed by atoms with Crippen LogP contribution in [0.25, 0.3) is 0 Å². The monoisotopic (exact) mass is 546 g/mol. The fraction of sp³-hybridized carbons (Fsp3) is 0.250. The molecule has 11 nitrogen and oxygen atoms in total. The van der Waals surface area contributed by atoms with Gasteiger partial charge in [-0.15, -0.1) is 0 Å². The lowest BCUT2D eigenvalue weighted by molar-refractivity contribution is 0.0385. The largest absolute Gasteiger partial charge is 0.478 e. The Labute approximate surface area is 213 Å². The first-order valence-electron chi connectivity index (χ1n) is 10.8. The minimum absolute atomic E-state index is 0.238. The molecule has 0 spiro atoms. The lowest BCUT2D eigenvalue weighted by atomic mass is 10.0. The van der Waals surface area contributed by atoms with Gasteiger partial charge in [-0.1, -0.05) is 39.3 Å². The number of carboxylic acids is 4. The lowest BCUT2D eigenvalue weighted by Gasteiger charge is -2.22. The third kappa shape index (κ3) is 6.18. The van der Waals surface area contributed by atoms with E-state index in [4.69, 9.17) is 4.74 Å². The Morgan fingerprint density at radius 2 is 0.757 bits per heavy atom. The predicted molar refractivity (Wildman–Crippen MR) is 136 cm³/mol. The molecule has 0 aliphatic rings. The summed E-state index contributed by atoms with van der Waals surface area (Å²) >= 11 is 0. The van der Waals surface area contributed by atoms with Crippen LogP contribution in [0.2, 0.25) is 39.3 Å². The van der Waals surface area contributed by atoms with Crippen LogP contribution in [0.5, 0.6) is 0 Å². The highest BCUT2D eigenvalue weighted by Gasteiger charge is 2.33. The third-order valence-electron chi connectivity index (χ3n) is 5.48. The Hall–Kier alpha value is -4.11. The molecule has 4 N–H and O–H groups in total. The van der Waals surface area contributed by atoms with Crippen molar-refractivity contribution in [2.75, 3.05) is 0 Å². The SMILES string of the molecule is C[Si](C)(C)c1cc(C(=O)OC(=O)c2cc([Si](C)(C)C)c(C(=O)O)cc2C(=O)O)c(C(=O)O)cc1C(=O)O. The summed E-state index contributed by atoms with van der Waals surface area (Å²) < 4.78 is 4.87. The van der Waals surface area contributed by atoms with Gasteiger partial charge >= 0.3 is 35.8 Å². The van der Waals surface area contributed by atoms with Crippen molar-refractivity contribution >= 4 is 62.3 Å². The minimum atomic E-state index is -2.44. The fourth-order valence-electron chi connectivity index (χ4n) is 3.68. The van der Waals surface area contributed by atoms with Crippen molar-refractivity contribution in [1.29, 1.82) is 0 Å². The van der Waals surface area contributed by atoms with Gasteiger partial charge < -0.3 is 25.2 Å². The molecule has 0 saturated carbocycles. The topological polar surface area (TPSA) is 193 Å². The molecule has 2 aromatic carbocycles. The lowest BCUT2D eigenvalue weighted by Crippen LogP contribution is -2.43. The van der Waals surface area contributed by atoms with Gasteiger partial charge in [0.1, 0.15) is 0 Å². The molecule has 2 rings (SSSR count). The maximum Gasteiger partial charge on any atom is 0.346 e. The van der Waals surface area contributed by atoms with Crippen molar-refractivity contribution in [3.05, 3.63) is 57.6 Å². The smallest absolute Gasteiger partial charge is 0.346 e. The molecule has 0 saturated heterocycles. The van der Waals surface area contributed by atoms with Crippen LogP contribution in [-0.4, -0.2) is 72.4 Å². The van der Waals surface area contributed by atoms with Crippen molar-refractivity contribution in [2.24, 2.45) is 0 Å². The van der Waals surface area contributed by atoms with Gasteiger partial charge in [-0.3, -0.25) is 0 Å². The number of aromatic carboxylic acids is 4. The summed E-state index contributed by atoms with van der Waals surface area (Å²) in [6.45, 7) is 10.6. The summed E-state index contributed by atoms with van der Waals surface area (Å²) in [6, 6.07) is 3.81. The molecule has 0 radical (unpaired) electrons. The van der Waals surface area contributed by atoms with Crippen LogP contribution in [0.1, 0.15) is 62.1 Å². The molecule has 0 unspecified atom stereocenters. The van der Waals surface area contributed by atoms with E-state index in [1.807, 2.05) is 0 Å². The molecule has 37 heavy (non-hydrogen) atoms. The minimum Gasteiger partial charge on any atom is -0.478 e. The number of ether oxygens (including phenoxy) is 1. The van der Waals surface area contributed by atoms with Crippen molar-refractivity contribution in [2.45, 2.75) is 39.3 Å². The zero-order valence-electron chi connectivity index (χ0n) is 21.0. The molecular formula is C24H26O11Si2. The van der Waals surface area contributed by atoms with Gasteiger partial charge in [0.05, 0.1) is 49.5 Å². The van der Waals surface area contributed by atoms with E-state index in [-0.39, 0.29) is 21.5 Å². The summed E-state index contributed by atoms with van der Waals surface area (Å²) in [5, 5.41) is 38.8. The van der Waals surface area contributed by atoms with E-state index in [0.29, 0.717) is 0 Å². The molecule has 2 aromatic rings. The third-order valence-corrected chi connectivity index (χ3v) is 9.54. The maximum atomic E-state index is 13.0. The molecule has 0 fully saturated rings. The number of carbonyl (C=O) groups is 6. The van der Waals surface area contributed by atoms with E-state index in [1.165, 1.54) is 0 Å². The highest BCUT2D eigenvalue weighted by atomic mass is 28.3. The Kier molecular flexibility index (Phi) is 7.95. The van der Waals surface area contributed by atoms with Crippen LogP contribution in [0, 0.1) is 0 Å². The molecule has 196 valence electrons. The number of benzene rings is 2. The maximum absolute atomic E-state index is 13.0. The van der Waals surface area contributed by atoms with E-state index in [0.717, 1.165) is 24.3 Å². The molecule has 0 bridgehead atoms. The molecule has 0 aliphatic carbocycles. The zero-order valence-corrected chi connectivity index (χ0v) is 23.0. The second-order valence-electron chi connectivity index (χ2n) is 10.3. The number of esters is 2. The Balaban J connectivity index is 2.71. The summed E-state index contributed by atoms with van der Waals surface area (Å²) in [5.74, 6) is -8.90. The van der Waals surface area contributed by atoms with Crippen LogP contribution in [0.3, 0.4) is 0 Å². The van der Waals surface area contributed by atoms with Crippen LogP contribution in [-0.2, 0) is 4.74 Å². The summed E-state index contributed by atoms with van der Waals surface area (Å²) in [7, 11) is -4.89. The highest BCUT2D eigenvalue weighted by Crippen LogP contribution is 2.20. The van der Waals surface area contributed by atoms with Crippen LogP contribution in [0.4, 0.5) is 0 Å². The second kappa shape index (κ2) is 10.1. The van der Waals surface area contributed by atoms with Gasteiger partial charge in [0.25, 0.3) is 0 Å². The number of carboxylic acid groups (broad SMARTS) is 4. The Morgan fingerprint density at radius 1 is 0.486 bits per heavy atom. The van der Waals surface area contributed by atoms with Gasteiger partial charge in [0, 0.05) is 0 Å². The fourth-order valence-corrected chi connectivity index (χ4v) is 6.81. The first-order valence-corrected chi connectivity index (χ1v) is 17.8. The van der Waals surface area contributed by atoms with E-state index in [1.54, 1.807) is 39.3 Å². The van der Waals surface area contributed by atoms with Gasteiger partial charge in [-0.2, -0.15) is 0 Å². The molecule has 0 amide bonds. The van der Waals surface area contributed by atoms with Crippen LogP contribution >= 0.6 is 0 Å². The summed E-state index contributed by atoms with van der Waals surface area (Å²) in [5.41, 5.74) is -3.16. The average molecular weight is 547 g/mol. The van der Waals surface area contributed by atoms with Gasteiger partial charge in [0.15, 0.2) is 0 Å². The molecule has 0 heterocycles. The molecule has 0 aliphatic heterocycles. The van der Waals surface area contributed by atoms with Crippen molar-refractivity contribution in [3.63, 3.8) is 0 Å². The van der Waals surface area contributed by atoms with Gasteiger partial charge in [-0.05, 0) is 34.6 Å². The molecule has 0 aromatic heterocycles. The summed E-state index contributed by atoms with van der Waals surface area (Å²) in [4.78, 5) is 73.1. The molecule has 0 atom stereocenters. The first-order chi connectivity index (χ1) is 16.8. The molecule has 13 heteroatoms. The predicted octanol–water partition coefficient (Wildman–Crippen LogP) is 2.57. The highest BCUT2D eigenvalue weighted by molar-refractivity contribution is 6.90. The zero-order chi connectivity index (χ0) is 28.6. The van der Waals surface area contributed by atoms with Crippen molar-refractivity contribution < 1.29 is 53.9 Å². The van der Waals surface area contributed by atoms with Gasteiger partial charge in [0.2, 0.25) is 0 Å². The molecular weight excluding hydrogens is 520 g/mol. The Bertz CT molecular complexity index is 1260. The number of hydrogen-bond acceptors (Lipinski definition) is 7. The number of rotatable bonds is 8. The average Bonchev–Trinajstić information content (AvgIpc) is 2.75. The van der Waals surface area contributed by atoms with E-state index < -0.39 is 74.2 Å². The standard InChI is InChI=1S/C24H26O11Si2/c1-36(2,3)17-9-13(11(19(25)26)7-15(17)21(29)30)23(33)35-24(34)14-10-18(37(4,5)6)16(22(31)32)8-12(14)20(27)28/h7-10H,1-6H3,(H,25,26)(H,27,28)(H,29,30)(H,31,32). The quantitative estimate of drug-likeness (QED) is 0.216. The van der Waals surface area contributed by atoms with Crippen LogP contribution < -0.4 is 10.4 Å². The second-order valence-corrected chi connectivity index (χ2v) is 20.4. The van der Waals surface area contributed by atoms with E-state index in [2.05, 4.69) is 0 Å². The van der Waals surface area contributed by atoms with Crippen molar-refractivity contribution in [1.82, 2.24) is 0 Å². The van der Waals surface area contributed by atoms with Gasteiger partial charge in [-0.25, -0.2) is 28.8 Å². The summed E-state index contributed by atoms with van der Waals surface area (Å²) in [6.07, 6.45) is 0. The van der Waals surface area contributed by atoms with E-state index in [9.17, 15) is 49.2 Å². The Morgan fingerprint density at radius 3 is 0.973 bits per heavy atom. The number of hydrogen-bond donors (Lipinski definition) is 4.